The summed E-state index contributed by atoms with van der Waals surface area (Å²) in [6.07, 6.45) is -0.449. The highest BCUT2D eigenvalue weighted by Gasteiger charge is 2.37. The molecule has 39 heavy (non-hydrogen) atoms. The largest absolute Gasteiger partial charge is 0.416 e. The predicted molar refractivity (Wildman–Crippen MR) is 146 cm³/mol. The maximum absolute atomic E-state index is 13.1. The number of fused-ring (bicyclic) bond motifs is 1. The quantitative estimate of drug-likeness (QED) is 0.308. The molecule has 3 aromatic rings. The minimum absolute atomic E-state index is 0.0173. The molecule has 0 bridgehead atoms. The normalized spacial score (nSPS) is 23.6. The number of aromatic nitrogens is 4. The molecule has 2 aliphatic heterocycles. The fraction of sp³-hybridized carbons (Fsp3) is 0.607. The Morgan fingerprint density at radius 1 is 1.10 bits per heavy atom. The Balaban J connectivity index is 1.43. The van der Waals surface area contributed by atoms with Crippen LogP contribution in [0, 0.1) is 6.92 Å². The van der Waals surface area contributed by atoms with Gasteiger partial charge in [-0.1, -0.05) is 26.0 Å². The number of halogens is 4. The van der Waals surface area contributed by atoms with Crippen molar-refractivity contribution in [2.24, 2.45) is 0 Å². The highest BCUT2D eigenvalue weighted by molar-refractivity contribution is 6.28. The zero-order chi connectivity index (χ0) is 27.9. The Kier molecular flexibility index (Phi) is 8.08. The van der Waals surface area contributed by atoms with Crippen LogP contribution in [0.25, 0.3) is 11.2 Å². The van der Waals surface area contributed by atoms with Crippen LogP contribution in [-0.4, -0.2) is 62.3 Å². The molecule has 4 heterocycles. The molecule has 0 radical (unpaired) electrons. The van der Waals surface area contributed by atoms with Crippen LogP contribution in [0.4, 0.5) is 19.0 Å². The van der Waals surface area contributed by atoms with Crippen molar-refractivity contribution in [3.63, 3.8) is 0 Å². The number of benzene rings is 1. The molecule has 0 aliphatic carbocycles. The van der Waals surface area contributed by atoms with E-state index in [4.69, 9.17) is 21.3 Å². The maximum Gasteiger partial charge on any atom is 0.416 e. The van der Waals surface area contributed by atoms with Gasteiger partial charge < -0.3 is 14.2 Å². The molecule has 0 N–H and O–H groups in total. The SMILES string of the molecule is CCC(c1ccc(C(F)(F)F)cc1)N1C[C@H](C)N(c2nc(Cl)nc3c2nc(C)n3C[C@@H]2CCCO2)C[C@H]1CC. The first kappa shape index (κ1) is 28.1. The zero-order valence-corrected chi connectivity index (χ0v) is 23.6. The van der Waals surface area contributed by atoms with Gasteiger partial charge in [-0.15, -0.1) is 0 Å². The molecule has 0 saturated carbocycles. The van der Waals surface area contributed by atoms with Crippen LogP contribution in [0.1, 0.15) is 69.4 Å². The molecule has 212 valence electrons. The third-order valence-electron chi connectivity index (χ3n) is 8.19. The Morgan fingerprint density at radius 2 is 1.85 bits per heavy atom. The van der Waals surface area contributed by atoms with E-state index in [2.05, 4.69) is 45.1 Å². The second kappa shape index (κ2) is 11.2. The van der Waals surface area contributed by atoms with E-state index in [1.54, 1.807) is 12.1 Å². The van der Waals surface area contributed by atoms with E-state index in [9.17, 15) is 13.2 Å². The van der Waals surface area contributed by atoms with Crippen molar-refractivity contribution in [3.05, 3.63) is 46.5 Å². The number of rotatable bonds is 7. The highest BCUT2D eigenvalue weighted by Crippen LogP contribution is 2.37. The van der Waals surface area contributed by atoms with Crippen molar-refractivity contribution >= 4 is 28.6 Å². The van der Waals surface area contributed by atoms with Crippen molar-refractivity contribution in [1.82, 2.24) is 24.4 Å². The lowest BCUT2D eigenvalue weighted by Gasteiger charge is -2.48. The van der Waals surface area contributed by atoms with Gasteiger partial charge in [-0.05, 0) is 68.8 Å². The third kappa shape index (κ3) is 5.60. The molecule has 5 rings (SSSR count). The first-order chi connectivity index (χ1) is 18.6. The Labute approximate surface area is 232 Å². The topological polar surface area (TPSA) is 59.3 Å². The molecule has 1 unspecified atom stereocenters. The van der Waals surface area contributed by atoms with E-state index in [0.717, 1.165) is 67.2 Å². The molecule has 0 spiro atoms. The van der Waals surface area contributed by atoms with Crippen molar-refractivity contribution in [3.8, 4) is 0 Å². The average molecular weight is 565 g/mol. The molecule has 2 aliphatic rings. The van der Waals surface area contributed by atoms with Crippen molar-refractivity contribution in [2.75, 3.05) is 24.6 Å². The van der Waals surface area contributed by atoms with Crippen molar-refractivity contribution in [2.45, 2.75) is 90.3 Å². The molecule has 7 nitrogen and oxygen atoms in total. The molecule has 4 atom stereocenters. The fourth-order valence-corrected chi connectivity index (χ4v) is 6.30. The Hall–Kier alpha value is -2.43. The predicted octanol–water partition coefficient (Wildman–Crippen LogP) is 6.43. The van der Waals surface area contributed by atoms with Crippen LogP contribution in [0.2, 0.25) is 5.28 Å². The summed E-state index contributed by atoms with van der Waals surface area (Å²) in [5.41, 5.74) is 1.74. The fourth-order valence-electron chi connectivity index (χ4n) is 6.14. The maximum atomic E-state index is 13.1. The second-order valence-electron chi connectivity index (χ2n) is 10.7. The third-order valence-corrected chi connectivity index (χ3v) is 8.36. The van der Waals surface area contributed by atoms with E-state index in [1.165, 1.54) is 12.1 Å². The summed E-state index contributed by atoms with van der Waals surface area (Å²) in [4.78, 5) is 18.8. The van der Waals surface area contributed by atoms with Gasteiger partial charge in [0.1, 0.15) is 5.82 Å². The number of aryl methyl sites for hydroxylation is 1. The average Bonchev–Trinajstić information content (AvgIpc) is 3.52. The molecule has 11 heteroatoms. The monoisotopic (exact) mass is 564 g/mol. The summed E-state index contributed by atoms with van der Waals surface area (Å²) in [5.74, 6) is 1.58. The highest BCUT2D eigenvalue weighted by atomic mass is 35.5. The van der Waals surface area contributed by atoms with Crippen LogP contribution in [0.15, 0.2) is 24.3 Å². The molecule has 0 amide bonds. The number of hydrogen-bond donors (Lipinski definition) is 0. The molecule has 2 fully saturated rings. The summed E-state index contributed by atoms with van der Waals surface area (Å²) in [5, 5.41) is 0.185. The summed E-state index contributed by atoms with van der Waals surface area (Å²) in [7, 11) is 0. The van der Waals surface area contributed by atoms with E-state index in [0.29, 0.717) is 13.1 Å². The smallest absolute Gasteiger partial charge is 0.376 e. The van der Waals surface area contributed by atoms with Gasteiger partial charge in [-0.2, -0.15) is 23.1 Å². The first-order valence-corrected chi connectivity index (χ1v) is 14.2. The van der Waals surface area contributed by atoms with Gasteiger partial charge in [0, 0.05) is 37.8 Å². The number of hydrogen-bond acceptors (Lipinski definition) is 6. The lowest BCUT2D eigenvalue weighted by Crippen LogP contribution is -2.58. The van der Waals surface area contributed by atoms with Gasteiger partial charge in [0.25, 0.3) is 0 Å². The summed E-state index contributed by atoms with van der Waals surface area (Å²) in [6.45, 7) is 11.3. The summed E-state index contributed by atoms with van der Waals surface area (Å²) >= 11 is 6.47. The lowest BCUT2D eigenvalue weighted by molar-refractivity contribution is -0.137. The molecule has 2 aromatic heterocycles. The Morgan fingerprint density at radius 3 is 2.46 bits per heavy atom. The second-order valence-corrected chi connectivity index (χ2v) is 11.0. The van der Waals surface area contributed by atoms with Gasteiger partial charge in [-0.25, -0.2) is 4.98 Å². The molecule has 2 saturated heterocycles. The number of imidazole rings is 1. The summed E-state index contributed by atoms with van der Waals surface area (Å²) < 4.78 is 47.4. The van der Waals surface area contributed by atoms with E-state index in [-0.39, 0.29) is 29.5 Å². The number of nitrogens with zero attached hydrogens (tertiary/aromatic N) is 6. The van der Waals surface area contributed by atoms with Crippen LogP contribution >= 0.6 is 11.6 Å². The van der Waals surface area contributed by atoms with E-state index >= 15 is 0 Å². The summed E-state index contributed by atoms with van der Waals surface area (Å²) in [6, 6.07) is 5.89. The zero-order valence-electron chi connectivity index (χ0n) is 22.9. The first-order valence-electron chi connectivity index (χ1n) is 13.8. The molecular weight excluding hydrogens is 529 g/mol. The van der Waals surface area contributed by atoms with Gasteiger partial charge in [0.05, 0.1) is 18.2 Å². The van der Waals surface area contributed by atoms with Crippen LogP contribution < -0.4 is 4.90 Å². The van der Waals surface area contributed by atoms with Gasteiger partial charge >= 0.3 is 6.18 Å². The lowest BCUT2D eigenvalue weighted by atomic mass is 9.95. The minimum atomic E-state index is -4.34. The number of piperazine rings is 1. The minimum Gasteiger partial charge on any atom is -0.376 e. The van der Waals surface area contributed by atoms with Gasteiger partial charge in [0.2, 0.25) is 5.28 Å². The standard InChI is InChI=1S/C28H36ClF3N6O/c1-5-21-15-36(17(3)14-38(21)23(6-2)19-9-11-20(12-10-19)28(30,31)32)25-24-26(35-27(29)34-25)37(18(4)33-24)16-22-8-7-13-39-22/h9-12,17,21-23H,5-8,13-16H2,1-4H3/t17-,21+,22-,23?/m0/s1. The van der Waals surface area contributed by atoms with Gasteiger partial charge in [-0.3, -0.25) is 4.90 Å². The van der Waals surface area contributed by atoms with Gasteiger partial charge in [0.15, 0.2) is 17.0 Å². The van der Waals surface area contributed by atoms with Crippen molar-refractivity contribution < 1.29 is 17.9 Å². The Bertz CT molecular complexity index is 1290. The molecule has 1 aromatic carbocycles. The van der Waals surface area contributed by atoms with E-state index < -0.39 is 11.7 Å². The van der Waals surface area contributed by atoms with Crippen molar-refractivity contribution in [1.29, 1.82) is 0 Å². The van der Waals surface area contributed by atoms with Crippen LogP contribution in [-0.2, 0) is 17.5 Å². The van der Waals surface area contributed by atoms with E-state index in [1.807, 2.05) is 6.92 Å². The number of alkyl halides is 3. The molecular formula is C28H36ClF3N6O. The van der Waals surface area contributed by atoms with Crippen LogP contribution in [0.3, 0.4) is 0 Å². The number of ether oxygens (including phenoxy) is 1. The number of anilines is 1. The van der Waals surface area contributed by atoms with Crippen LogP contribution in [0.5, 0.6) is 0 Å².